The number of likely N-dealkylation sites (N-methyl/N-ethyl adjacent to an activating group) is 1. The molecule has 1 heterocycles. The van der Waals surface area contributed by atoms with Crippen LogP contribution in [0.3, 0.4) is 0 Å². The van der Waals surface area contributed by atoms with Crippen molar-refractivity contribution in [3.8, 4) is 0 Å². The number of carbonyl (C=O) groups excluding carboxylic acids is 1. The fraction of sp³-hybridized carbons (Fsp3) is 0.278. The number of rotatable bonds is 4. The van der Waals surface area contributed by atoms with E-state index in [2.05, 4.69) is 4.90 Å². The largest absolute Gasteiger partial charge is 0.303 e. The quantitative estimate of drug-likeness (QED) is 0.798. The molecule has 0 bridgehead atoms. The standard InChI is InChI=1S/C18H20N2O3S/c1-19-11-12-20(17(13-19)15-7-3-2-4-8-15)24(22,23)18-10-6-5-9-16(18)14-21/h2-10,14,17H,11-13H2,1H3. The van der Waals surface area contributed by atoms with Gasteiger partial charge in [0.1, 0.15) is 0 Å². The number of hydrogen-bond donors (Lipinski definition) is 0. The smallest absolute Gasteiger partial charge is 0.244 e. The van der Waals surface area contributed by atoms with Crippen LogP contribution in [0.25, 0.3) is 0 Å². The van der Waals surface area contributed by atoms with Crippen LogP contribution in [-0.2, 0) is 10.0 Å². The molecule has 0 saturated carbocycles. The van der Waals surface area contributed by atoms with Crippen LogP contribution in [-0.4, -0.2) is 50.6 Å². The molecule has 0 spiro atoms. The van der Waals surface area contributed by atoms with Gasteiger partial charge in [0.05, 0.1) is 10.9 Å². The molecule has 0 aromatic heterocycles. The summed E-state index contributed by atoms with van der Waals surface area (Å²) in [7, 11) is -1.76. The Morgan fingerprint density at radius 3 is 2.38 bits per heavy atom. The summed E-state index contributed by atoms with van der Waals surface area (Å²) in [5, 5.41) is 0. The summed E-state index contributed by atoms with van der Waals surface area (Å²) < 4.78 is 27.9. The molecule has 1 aliphatic heterocycles. The minimum absolute atomic E-state index is 0.0745. The molecular formula is C18H20N2O3S. The Morgan fingerprint density at radius 1 is 1.00 bits per heavy atom. The number of nitrogens with zero attached hydrogens (tertiary/aromatic N) is 2. The van der Waals surface area contributed by atoms with Crippen molar-refractivity contribution in [3.05, 3.63) is 65.7 Å². The highest BCUT2D eigenvalue weighted by Crippen LogP contribution is 2.31. The van der Waals surface area contributed by atoms with Crippen LogP contribution in [0.5, 0.6) is 0 Å². The maximum absolute atomic E-state index is 13.2. The van der Waals surface area contributed by atoms with E-state index in [1.54, 1.807) is 12.1 Å². The molecular weight excluding hydrogens is 324 g/mol. The second kappa shape index (κ2) is 6.84. The predicted molar refractivity (Wildman–Crippen MR) is 92.4 cm³/mol. The lowest BCUT2D eigenvalue weighted by molar-refractivity contribution is 0.111. The molecule has 5 nitrogen and oxygen atoms in total. The van der Waals surface area contributed by atoms with Crippen molar-refractivity contribution in [1.82, 2.24) is 9.21 Å². The summed E-state index contributed by atoms with van der Waals surface area (Å²) in [4.78, 5) is 13.5. The van der Waals surface area contributed by atoms with E-state index in [9.17, 15) is 13.2 Å². The van der Waals surface area contributed by atoms with Gasteiger partial charge in [0, 0.05) is 25.2 Å². The van der Waals surface area contributed by atoms with Crippen LogP contribution in [0.15, 0.2) is 59.5 Å². The third kappa shape index (κ3) is 3.13. The molecule has 1 fully saturated rings. The van der Waals surface area contributed by atoms with E-state index in [1.807, 2.05) is 37.4 Å². The van der Waals surface area contributed by atoms with Gasteiger partial charge < -0.3 is 4.90 Å². The Kier molecular flexibility index (Phi) is 4.80. The first-order chi connectivity index (χ1) is 11.5. The van der Waals surface area contributed by atoms with Crippen LogP contribution >= 0.6 is 0 Å². The van der Waals surface area contributed by atoms with Gasteiger partial charge in [-0.05, 0) is 18.7 Å². The van der Waals surface area contributed by atoms with Crippen LogP contribution in [0.4, 0.5) is 0 Å². The second-order valence-corrected chi connectivity index (χ2v) is 7.82. The molecule has 24 heavy (non-hydrogen) atoms. The number of hydrogen-bond acceptors (Lipinski definition) is 4. The van der Waals surface area contributed by atoms with Gasteiger partial charge in [-0.25, -0.2) is 8.42 Å². The molecule has 2 aromatic carbocycles. The lowest BCUT2D eigenvalue weighted by atomic mass is 10.1. The molecule has 3 rings (SSSR count). The van der Waals surface area contributed by atoms with Crippen molar-refractivity contribution in [2.75, 3.05) is 26.7 Å². The Labute approximate surface area is 142 Å². The first-order valence-electron chi connectivity index (χ1n) is 7.83. The molecule has 1 saturated heterocycles. The average molecular weight is 344 g/mol. The van der Waals surface area contributed by atoms with E-state index in [-0.39, 0.29) is 16.5 Å². The van der Waals surface area contributed by atoms with Crippen LogP contribution < -0.4 is 0 Å². The number of sulfonamides is 1. The van der Waals surface area contributed by atoms with Crippen molar-refractivity contribution in [2.45, 2.75) is 10.9 Å². The highest BCUT2D eigenvalue weighted by Gasteiger charge is 2.36. The number of piperazine rings is 1. The minimum atomic E-state index is -3.75. The summed E-state index contributed by atoms with van der Waals surface area (Å²) in [6.07, 6.45) is 0.598. The monoisotopic (exact) mass is 344 g/mol. The molecule has 1 atom stereocenters. The van der Waals surface area contributed by atoms with Gasteiger partial charge in [-0.1, -0.05) is 48.5 Å². The fourth-order valence-electron chi connectivity index (χ4n) is 3.08. The van der Waals surface area contributed by atoms with Gasteiger partial charge in [0.15, 0.2) is 6.29 Å². The van der Waals surface area contributed by atoms with Gasteiger partial charge in [0.2, 0.25) is 10.0 Å². The number of aldehydes is 1. The molecule has 0 N–H and O–H groups in total. The lowest BCUT2D eigenvalue weighted by Crippen LogP contribution is -2.49. The van der Waals surface area contributed by atoms with Crippen molar-refractivity contribution in [3.63, 3.8) is 0 Å². The normalized spacial score (nSPS) is 20.0. The number of carbonyl (C=O) groups is 1. The topological polar surface area (TPSA) is 57.7 Å². The Bertz CT molecular complexity index is 821. The first-order valence-corrected chi connectivity index (χ1v) is 9.27. The fourth-order valence-corrected chi connectivity index (χ4v) is 4.84. The van der Waals surface area contributed by atoms with Gasteiger partial charge in [-0.2, -0.15) is 4.31 Å². The summed E-state index contributed by atoms with van der Waals surface area (Å²) in [6.45, 7) is 1.67. The number of benzene rings is 2. The first kappa shape index (κ1) is 16.8. The molecule has 0 aliphatic carbocycles. The third-order valence-electron chi connectivity index (χ3n) is 4.35. The second-order valence-electron chi connectivity index (χ2n) is 5.96. The maximum Gasteiger partial charge on any atom is 0.244 e. The summed E-state index contributed by atoms with van der Waals surface area (Å²) in [6, 6.07) is 15.7. The van der Waals surface area contributed by atoms with E-state index in [1.165, 1.54) is 16.4 Å². The zero-order valence-electron chi connectivity index (χ0n) is 13.5. The van der Waals surface area contributed by atoms with Crippen molar-refractivity contribution >= 4 is 16.3 Å². The summed E-state index contributed by atoms with van der Waals surface area (Å²) in [5.41, 5.74) is 1.15. The molecule has 2 aromatic rings. The minimum Gasteiger partial charge on any atom is -0.303 e. The predicted octanol–water partition coefficient (Wildman–Crippen LogP) is 2.18. The zero-order valence-corrected chi connectivity index (χ0v) is 14.3. The summed E-state index contributed by atoms with van der Waals surface area (Å²) >= 11 is 0. The highest BCUT2D eigenvalue weighted by molar-refractivity contribution is 7.89. The Hall–Kier alpha value is -2.02. The Balaban J connectivity index is 2.06. The van der Waals surface area contributed by atoms with Crippen LogP contribution in [0, 0.1) is 0 Å². The molecule has 0 amide bonds. The lowest BCUT2D eigenvalue weighted by Gasteiger charge is -2.39. The van der Waals surface area contributed by atoms with Gasteiger partial charge in [-0.3, -0.25) is 4.79 Å². The van der Waals surface area contributed by atoms with Gasteiger partial charge in [0.25, 0.3) is 0 Å². The van der Waals surface area contributed by atoms with Crippen molar-refractivity contribution < 1.29 is 13.2 Å². The highest BCUT2D eigenvalue weighted by atomic mass is 32.2. The van der Waals surface area contributed by atoms with E-state index in [0.717, 1.165) is 5.56 Å². The van der Waals surface area contributed by atoms with Crippen molar-refractivity contribution in [1.29, 1.82) is 0 Å². The third-order valence-corrected chi connectivity index (χ3v) is 6.33. The maximum atomic E-state index is 13.2. The molecule has 1 aliphatic rings. The zero-order chi connectivity index (χ0) is 17.2. The molecule has 6 heteroatoms. The SMILES string of the molecule is CN1CCN(S(=O)(=O)c2ccccc2C=O)C(c2ccccc2)C1. The van der Waals surface area contributed by atoms with Crippen LogP contribution in [0.1, 0.15) is 22.0 Å². The molecule has 126 valence electrons. The molecule has 0 radical (unpaired) electrons. The molecule has 1 unspecified atom stereocenters. The Morgan fingerprint density at radius 2 is 1.67 bits per heavy atom. The van der Waals surface area contributed by atoms with Gasteiger partial charge >= 0.3 is 0 Å². The average Bonchev–Trinajstić information content (AvgIpc) is 2.62. The van der Waals surface area contributed by atoms with Gasteiger partial charge in [-0.15, -0.1) is 0 Å². The van der Waals surface area contributed by atoms with Crippen molar-refractivity contribution in [2.24, 2.45) is 0 Å². The summed E-state index contributed by atoms with van der Waals surface area (Å²) in [5.74, 6) is 0. The van der Waals surface area contributed by atoms with E-state index < -0.39 is 10.0 Å². The van der Waals surface area contributed by atoms with E-state index in [0.29, 0.717) is 25.9 Å². The van der Waals surface area contributed by atoms with E-state index >= 15 is 0 Å². The van der Waals surface area contributed by atoms with Crippen LogP contribution in [0.2, 0.25) is 0 Å². The van der Waals surface area contributed by atoms with E-state index in [4.69, 9.17) is 0 Å².